The molecule has 1 unspecified atom stereocenters. The molecular weight excluding hydrogens is 340 g/mol. The molecule has 1 aromatic heterocycles. The summed E-state index contributed by atoms with van der Waals surface area (Å²) in [5.74, 6) is 0.860. The minimum absolute atomic E-state index is 0.0970. The van der Waals surface area contributed by atoms with Crippen molar-refractivity contribution in [3.8, 4) is 0 Å². The van der Waals surface area contributed by atoms with Gasteiger partial charge in [-0.3, -0.25) is 4.79 Å². The standard InChI is InChI=1S/C19H21ClN2OS/c1-12-10-14(20)4-5-16(12)21-18(23)11-22-8-6-17-15(7-9-24-17)19(22)13-2-3-13/h4-5,7,9-10,13,19H,2-3,6,8,11H2,1H3,(H,21,23)/p+1/t19-/m0/s1. The second-order valence-electron chi connectivity index (χ2n) is 6.96. The molecule has 126 valence electrons. The van der Waals surface area contributed by atoms with Crippen molar-refractivity contribution in [2.45, 2.75) is 32.2 Å². The van der Waals surface area contributed by atoms with Crippen LogP contribution in [0.3, 0.4) is 0 Å². The first kappa shape index (κ1) is 16.1. The third-order valence-corrected chi connectivity index (χ3v) is 6.40. The van der Waals surface area contributed by atoms with E-state index >= 15 is 0 Å². The van der Waals surface area contributed by atoms with E-state index in [4.69, 9.17) is 11.6 Å². The van der Waals surface area contributed by atoms with E-state index in [2.05, 4.69) is 16.8 Å². The Bertz CT molecular complexity index is 768. The molecule has 2 aliphatic rings. The van der Waals surface area contributed by atoms with E-state index in [1.165, 1.54) is 28.2 Å². The van der Waals surface area contributed by atoms with Gasteiger partial charge in [-0.25, -0.2) is 0 Å². The highest BCUT2D eigenvalue weighted by molar-refractivity contribution is 7.10. The number of benzene rings is 1. The van der Waals surface area contributed by atoms with E-state index in [0.29, 0.717) is 17.6 Å². The van der Waals surface area contributed by atoms with Gasteiger partial charge in [0.05, 0.1) is 6.54 Å². The fourth-order valence-electron chi connectivity index (χ4n) is 3.86. The summed E-state index contributed by atoms with van der Waals surface area (Å²) in [7, 11) is 0. The Morgan fingerprint density at radius 2 is 2.21 bits per heavy atom. The van der Waals surface area contributed by atoms with E-state index in [-0.39, 0.29) is 5.91 Å². The zero-order chi connectivity index (χ0) is 16.7. The van der Waals surface area contributed by atoms with Crippen molar-refractivity contribution in [1.82, 2.24) is 0 Å². The van der Waals surface area contributed by atoms with Crippen LogP contribution in [0.1, 0.15) is 34.9 Å². The monoisotopic (exact) mass is 361 g/mol. The maximum absolute atomic E-state index is 12.6. The smallest absolute Gasteiger partial charge is 0.279 e. The summed E-state index contributed by atoms with van der Waals surface area (Å²) in [6.45, 7) is 3.57. The summed E-state index contributed by atoms with van der Waals surface area (Å²) in [4.78, 5) is 15.5. The number of hydrogen-bond acceptors (Lipinski definition) is 2. The van der Waals surface area contributed by atoms with E-state index < -0.39 is 0 Å². The maximum Gasteiger partial charge on any atom is 0.279 e. The number of anilines is 1. The van der Waals surface area contributed by atoms with Crippen molar-refractivity contribution >= 4 is 34.5 Å². The first-order valence-electron chi connectivity index (χ1n) is 8.58. The Morgan fingerprint density at radius 1 is 1.38 bits per heavy atom. The van der Waals surface area contributed by atoms with E-state index in [0.717, 1.165) is 30.1 Å². The molecule has 0 spiro atoms. The molecule has 1 aliphatic heterocycles. The zero-order valence-corrected chi connectivity index (χ0v) is 15.3. The van der Waals surface area contributed by atoms with Crippen LogP contribution in [-0.2, 0) is 11.2 Å². The van der Waals surface area contributed by atoms with Crippen molar-refractivity contribution in [2.75, 3.05) is 18.4 Å². The van der Waals surface area contributed by atoms with Gasteiger partial charge in [0.1, 0.15) is 6.04 Å². The second kappa shape index (κ2) is 6.51. The summed E-state index contributed by atoms with van der Waals surface area (Å²) in [6.07, 6.45) is 3.71. The van der Waals surface area contributed by atoms with Gasteiger partial charge in [-0.2, -0.15) is 0 Å². The highest BCUT2D eigenvalue weighted by Gasteiger charge is 2.43. The van der Waals surface area contributed by atoms with Crippen LogP contribution in [0, 0.1) is 12.8 Å². The van der Waals surface area contributed by atoms with Gasteiger partial charge in [0.2, 0.25) is 0 Å². The molecule has 2 aromatic rings. The van der Waals surface area contributed by atoms with Crippen molar-refractivity contribution in [3.05, 3.63) is 50.7 Å². The van der Waals surface area contributed by atoms with Crippen LogP contribution in [0.5, 0.6) is 0 Å². The summed E-state index contributed by atoms with van der Waals surface area (Å²) in [5, 5.41) is 5.98. The summed E-state index contributed by atoms with van der Waals surface area (Å²) < 4.78 is 0. The van der Waals surface area contributed by atoms with Crippen molar-refractivity contribution in [3.63, 3.8) is 0 Å². The molecular formula is C19H22ClN2OS+. The lowest BCUT2D eigenvalue weighted by molar-refractivity contribution is -0.928. The van der Waals surface area contributed by atoms with Gasteiger partial charge in [0.25, 0.3) is 5.91 Å². The third kappa shape index (κ3) is 3.23. The average molecular weight is 362 g/mol. The minimum Gasteiger partial charge on any atom is -0.321 e. The number of thiophene rings is 1. The van der Waals surface area contributed by atoms with Gasteiger partial charge in [-0.15, -0.1) is 11.3 Å². The van der Waals surface area contributed by atoms with E-state index in [1.807, 2.05) is 36.5 Å². The quantitative estimate of drug-likeness (QED) is 0.861. The molecule has 0 radical (unpaired) electrons. The number of rotatable bonds is 4. The fraction of sp³-hybridized carbons (Fsp3) is 0.421. The van der Waals surface area contributed by atoms with Gasteiger partial charge >= 0.3 is 0 Å². The van der Waals surface area contributed by atoms with Crippen LogP contribution >= 0.6 is 22.9 Å². The lowest BCUT2D eigenvalue weighted by Crippen LogP contribution is -3.14. The lowest BCUT2D eigenvalue weighted by Gasteiger charge is -2.32. The first-order chi connectivity index (χ1) is 11.6. The molecule has 24 heavy (non-hydrogen) atoms. The van der Waals surface area contributed by atoms with Crippen LogP contribution in [0.4, 0.5) is 5.69 Å². The molecule has 3 nitrogen and oxygen atoms in total. The third-order valence-electron chi connectivity index (χ3n) is 5.17. The van der Waals surface area contributed by atoms with Crippen LogP contribution in [0.2, 0.25) is 5.02 Å². The van der Waals surface area contributed by atoms with Crippen molar-refractivity contribution < 1.29 is 9.69 Å². The van der Waals surface area contributed by atoms with Gasteiger partial charge in [-0.1, -0.05) is 11.6 Å². The van der Waals surface area contributed by atoms with Crippen molar-refractivity contribution in [1.29, 1.82) is 0 Å². The highest BCUT2D eigenvalue weighted by atomic mass is 35.5. The van der Waals surface area contributed by atoms with E-state index in [1.54, 1.807) is 0 Å². The van der Waals surface area contributed by atoms with Crippen molar-refractivity contribution in [2.24, 2.45) is 5.92 Å². The summed E-state index contributed by atoms with van der Waals surface area (Å²) in [6, 6.07) is 8.38. The number of nitrogens with one attached hydrogen (secondary N) is 2. The molecule has 2 atom stereocenters. The topological polar surface area (TPSA) is 33.5 Å². The molecule has 0 bridgehead atoms. The van der Waals surface area contributed by atoms with Crippen LogP contribution < -0.4 is 10.2 Å². The Kier molecular flexibility index (Phi) is 4.37. The number of carbonyl (C=O) groups excluding carboxylic acids is 1. The second-order valence-corrected chi connectivity index (χ2v) is 8.39. The van der Waals surface area contributed by atoms with E-state index in [9.17, 15) is 4.79 Å². The average Bonchev–Trinajstić information content (AvgIpc) is 3.26. The summed E-state index contributed by atoms with van der Waals surface area (Å²) >= 11 is 7.87. The van der Waals surface area contributed by atoms with Gasteiger partial charge in [-0.05, 0) is 55.0 Å². The largest absolute Gasteiger partial charge is 0.321 e. The molecule has 0 saturated heterocycles. The van der Waals surface area contributed by atoms with Gasteiger partial charge in [0, 0.05) is 33.5 Å². The molecule has 1 aliphatic carbocycles. The molecule has 1 saturated carbocycles. The number of halogens is 1. The summed E-state index contributed by atoms with van der Waals surface area (Å²) in [5.41, 5.74) is 3.36. The SMILES string of the molecule is Cc1cc(Cl)ccc1NC(=O)C[NH+]1CCc2sccc2[C@@H]1C1CC1. The first-order valence-corrected chi connectivity index (χ1v) is 9.84. The number of amides is 1. The van der Waals surface area contributed by atoms with Gasteiger partial charge in [0.15, 0.2) is 6.54 Å². The fourth-order valence-corrected chi connectivity index (χ4v) is 5.02. The maximum atomic E-state index is 12.6. The normalized spacial score (nSPS) is 22.9. The number of aryl methyl sites for hydroxylation is 1. The molecule has 4 rings (SSSR count). The Hall–Kier alpha value is -1.36. The molecule has 2 N–H and O–H groups in total. The molecule has 5 heteroatoms. The molecule has 1 amide bonds. The number of fused-ring (bicyclic) bond motifs is 1. The molecule has 2 heterocycles. The Morgan fingerprint density at radius 3 is 2.96 bits per heavy atom. The lowest BCUT2D eigenvalue weighted by atomic mass is 9.96. The Balaban J connectivity index is 1.47. The van der Waals surface area contributed by atoms with Crippen LogP contribution in [-0.4, -0.2) is 19.0 Å². The highest BCUT2D eigenvalue weighted by Crippen LogP contribution is 2.42. The number of hydrogen-bond donors (Lipinski definition) is 2. The minimum atomic E-state index is 0.0970. The molecule has 1 aromatic carbocycles. The Labute approximate surface area is 151 Å². The van der Waals surface area contributed by atoms with Crippen LogP contribution in [0.25, 0.3) is 0 Å². The predicted octanol–water partition coefficient (Wildman–Crippen LogP) is 3.24. The number of carbonyl (C=O) groups is 1. The molecule has 1 fully saturated rings. The predicted molar refractivity (Wildman–Crippen MR) is 99.0 cm³/mol. The van der Waals surface area contributed by atoms with Crippen LogP contribution in [0.15, 0.2) is 29.6 Å². The van der Waals surface area contributed by atoms with Gasteiger partial charge < -0.3 is 10.2 Å². The zero-order valence-electron chi connectivity index (χ0n) is 13.8. The number of quaternary nitrogens is 1.